The molecule has 1 amide bonds. The average Bonchev–Trinajstić information content (AvgIpc) is 3.60. The molecule has 1 saturated heterocycles. The number of hydrogen-bond acceptors (Lipinski definition) is 6. The van der Waals surface area contributed by atoms with Gasteiger partial charge in [0.1, 0.15) is 11.9 Å². The minimum Gasteiger partial charge on any atom is -0.341 e. The first-order valence-electron chi connectivity index (χ1n) is 13.2. The van der Waals surface area contributed by atoms with E-state index < -0.39 is 0 Å². The fourth-order valence-corrected chi connectivity index (χ4v) is 6.09. The molecule has 184 valence electrons. The van der Waals surface area contributed by atoms with Gasteiger partial charge >= 0.3 is 0 Å². The highest BCUT2D eigenvalue weighted by atomic mass is 16.2. The Bertz CT molecular complexity index is 1040. The Morgan fingerprint density at radius 1 is 1.21 bits per heavy atom. The summed E-state index contributed by atoms with van der Waals surface area (Å²) in [5.41, 5.74) is 3.92. The zero-order chi connectivity index (χ0) is 23.9. The van der Waals surface area contributed by atoms with Crippen molar-refractivity contribution in [1.82, 2.24) is 25.1 Å². The van der Waals surface area contributed by atoms with Gasteiger partial charge in [0.15, 0.2) is 5.82 Å². The van der Waals surface area contributed by atoms with Gasteiger partial charge < -0.3 is 15.1 Å². The number of H-pyrrole nitrogens is 1. The Labute approximate surface area is 202 Å². The van der Waals surface area contributed by atoms with Crippen molar-refractivity contribution in [1.29, 1.82) is 0 Å². The molecule has 3 aliphatic rings. The number of hydrogen-bond donors (Lipinski definition) is 2. The standard InChI is InChI=1S/C26H39N7O/c1-5-32(6-2)24(34)21-11-8-14-33(21)25-27-19-10-7-9-18(19)23(29-25)28-22-15-20(30-31-22)17-12-13-26(3,4)16-17/h15,17,21H,5-14,16H2,1-4H3,(H2,27,28,29,30,31)/t17-,21+/m1/s1. The third-order valence-electron chi connectivity index (χ3n) is 8.04. The lowest BCUT2D eigenvalue weighted by Crippen LogP contribution is -2.46. The van der Waals surface area contributed by atoms with Gasteiger partial charge in [-0.05, 0) is 70.6 Å². The van der Waals surface area contributed by atoms with Crippen LogP contribution in [0.25, 0.3) is 0 Å². The number of likely N-dealkylation sites (N-methyl/N-ethyl adjacent to an activating group) is 1. The Kier molecular flexibility index (Phi) is 6.25. The van der Waals surface area contributed by atoms with Crippen LogP contribution >= 0.6 is 0 Å². The molecule has 0 unspecified atom stereocenters. The van der Waals surface area contributed by atoms with Gasteiger partial charge in [0.05, 0.1) is 5.69 Å². The zero-order valence-electron chi connectivity index (χ0n) is 21.2. The van der Waals surface area contributed by atoms with Crippen LogP contribution < -0.4 is 10.2 Å². The molecule has 0 bridgehead atoms. The van der Waals surface area contributed by atoms with Gasteiger partial charge in [0.2, 0.25) is 11.9 Å². The molecule has 2 fully saturated rings. The minimum absolute atomic E-state index is 0.171. The van der Waals surface area contributed by atoms with Crippen molar-refractivity contribution < 1.29 is 4.79 Å². The lowest BCUT2D eigenvalue weighted by atomic mass is 9.90. The molecule has 2 aromatic rings. The van der Waals surface area contributed by atoms with Crippen molar-refractivity contribution in [3.63, 3.8) is 0 Å². The van der Waals surface area contributed by atoms with Gasteiger partial charge in [0.25, 0.3) is 0 Å². The van der Waals surface area contributed by atoms with E-state index in [1.54, 1.807) is 0 Å². The molecule has 0 radical (unpaired) electrons. The maximum atomic E-state index is 13.2. The number of carbonyl (C=O) groups excluding carboxylic acids is 1. The predicted molar refractivity (Wildman–Crippen MR) is 135 cm³/mol. The van der Waals surface area contributed by atoms with Crippen molar-refractivity contribution in [3.8, 4) is 0 Å². The van der Waals surface area contributed by atoms with E-state index in [1.807, 2.05) is 18.7 Å². The van der Waals surface area contributed by atoms with Crippen LogP contribution in [-0.2, 0) is 17.6 Å². The fourth-order valence-electron chi connectivity index (χ4n) is 6.09. The number of aromatic amines is 1. The van der Waals surface area contributed by atoms with Gasteiger partial charge in [0, 0.05) is 42.9 Å². The first-order valence-corrected chi connectivity index (χ1v) is 13.2. The lowest BCUT2D eigenvalue weighted by Gasteiger charge is -2.29. The highest BCUT2D eigenvalue weighted by molar-refractivity contribution is 5.85. The predicted octanol–water partition coefficient (Wildman–Crippen LogP) is 4.56. The van der Waals surface area contributed by atoms with Crippen LogP contribution in [0.3, 0.4) is 0 Å². The maximum absolute atomic E-state index is 13.2. The molecule has 2 aliphatic carbocycles. The van der Waals surface area contributed by atoms with E-state index in [-0.39, 0.29) is 11.9 Å². The molecule has 5 rings (SSSR count). The quantitative estimate of drug-likeness (QED) is 0.623. The number of nitrogens with zero attached hydrogens (tertiary/aromatic N) is 5. The summed E-state index contributed by atoms with van der Waals surface area (Å²) in [4.78, 5) is 27.1. The monoisotopic (exact) mass is 465 g/mol. The third-order valence-corrected chi connectivity index (χ3v) is 8.04. The van der Waals surface area contributed by atoms with Gasteiger partial charge in [-0.1, -0.05) is 13.8 Å². The smallest absolute Gasteiger partial charge is 0.245 e. The van der Waals surface area contributed by atoms with E-state index in [9.17, 15) is 4.79 Å². The highest BCUT2D eigenvalue weighted by Gasteiger charge is 2.36. The Morgan fingerprint density at radius 3 is 2.76 bits per heavy atom. The summed E-state index contributed by atoms with van der Waals surface area (Å²) in [5, 5.41) is 11.4. The van der Waals surface area contributed by atoms with Crippen molar-refractivity contribution in [2.45, 2.75) is 91.0 Å². The minimum atomic E-state index is -0.171. The Balaban J connectivity index is 1.39. The molecule has 2 atom stereocenters. The van der Waals surface area contributed by atoms with Gasteiger partial charge in [-0.15, -0.1) is 0 Å². The van der Waals surface area contributed by atoms with Gasteiger partial charge in [-0.2, -0.15) is 10.1 Å². The molecule has 1 saturated carbocycles. The van der Waals surface area contributed by atoms with Crippen LogP contribution in [0.2, 0.25) is 0 Å². The van der Waals surface area contributed by atoms with E-state index in [0.717, 1.165) is 69.1 Å². The maximum Gasteiger partial charge on any atom is 0.245 e. The number of amides is 1. The summed E-state index contributed by atoms with van der Waals surface area (Å²) in [6, 6.07) is 1.98. The summed E-state index contributed by atoms with van der Waals surface area (Å²) in [7, 11) is 0. The largest absolute Gasteiger partial charge is 0.341 e. The van der Waals surface area contributed by atoms with E-state index in [0.29, 0.717) is 17.3 Å². The van der Waals surface area contributed by atoms with E-state index in [4.69, 9.17) is 9.97 Å². The zero-order valence-corrected chi connectivity index (χ0v) is 21.2. The molecule has 34 heavy (non-hydrogen) atoms. The molecule has 8 nitrogen and oxygen atoms in total. The second kappa shape index (κ2) is 9.19. The third kappa shape index (κ3) is 4.39. The second-order valence-corrected chi connectivity index (χ2v) is 11.0. The first-order chi connectivity index (χ1) is 16.4. The van der Waals surface area contributed by atoms with Crippen LogP contribution in [0.4, 0.5) is 17.6 Å². The number of nitrogens with one attached hydrogen (secondary N) is 2. The van der Waals surface area contributed by atoms with Gasteiger partial charge in [-0.25, -0.2) is 4.98 Å². The molecule has 2 aromatic heterocycles. The van der Waals surface area contributed by atoms with Crippen LogP contribution in [0.15, 0.2) is 6.07 Å². The normalized spacial score (nSPS) is 23.4. The Morgan fingerprint density at radius 2 is 2.03 bits per heavy atom. The van der Waals surface area contributed by atoms with E-state index in [2.05, 4.69) is 40.3 Å². The summed E-state index contributed by atoms with van der Waals surface area (Å²) in [5.74, 6) is 3.08. The number of carbonyl (C=O) groups is 1. The lowest BCUT2D eigenvalue weighted by molar-refractivity contribution is -0.132. The molecular weight excluding hydrogens is 426 g/mol. The Hall–Kier alpha value is -2.64. The number of aryl methyl sites for hydroxylation is 1. The second-order valence-electron chi connectivity index (χ2n) is 11.0. The van der Waals surface area contributed by atoms with Gasteiger partial charge in [-0.3, -0.25) is 9.89 Å². The molecule has 3 heterocycles. The molecule has 1 aliphatic heterocycles. The molecule has 0 aromatic carbocycles. The van der Waals surface area contributed by atoms with Crippen LogP contribution in [-0.4, -0.2) is 56.6 Å². The number of rotatable bonds is 7. The van der Waals surface area contributed by atoms with E-state index >= 15 is 0 Å². The summed E-state index contributed by atoms with van der Waals surface area (Å²) < 4.78 is 0. The number of anilines is 3. The van der Waals surface area contributed by atoms with Crippen molar-refractivity contribution in [3.05, 3.63) is 23.0 Å². The van der Waals surface area contributed by atoms with E-state index in [1.165, 1.54) is 30.5 Å². The number of aromatic nitrogens is 4. The molecule has 0 spiro atoms. The fraction of sp³-hybridized carbons (Fsp3) is 0.692. The number of fused-ring (bicyclic) bond motifs is 1. The van der Waals surface area contributed by atoms with Crippen molar-refractivity contribution in [2.75, 3.05) is 29.9 Å². The van der Waals surface area contributed by atoms with Crippen LogP contribution in [0.1, 0.15) is 89.1 Å². The summed E-state index contributed by atoms with van der Waals surface area (Å²) in [6.07, 6.45) is 8.54. The average molecular weight is 466 g/mol. The van der Waals surface area contributed by atoms with Crippen molar-refractivity contribution >= 4 is 23.5 Å². The SMILES string of the molecule is CCN(CC)C(=O)[C@@H]1CCCN1c1nc2c(c(Nc3cc([C@@H]4CCC(C)(C)C4)[nH]n3)n1)CCC2. The van der Waals surface area contributed by atoms with Crippen LogP contribution in [0, 0.1) is 5.41 Å². The van der Waals surface area contributed by atoms with Crippen LogP contribution in [0.5, 0.6) is 0 Å². The first kappa shape index (κ1) is 23.1. The summed E-state index contributed by atoms with van der Waals surface area (Å²) in [6.45, 7) is 11.1. The van der Waals surface area contributed by atoms with Crippen molar-refractivity contribution in [2.24, 2.45) is 5.41 Å². The highest BCUT2D eigenvalue weighted by Crippen LogP contribution is 2.45. The molecule has 2 N–H and O–H groups in total. The molecular formula is C26H39N7O. The topological polar surface area (TPSA) is 90.0 Å². The summed E-state index contributed by atoms with van der Waals surface area (Å²) >= 11 is 0. The molecule has 8 heteroatoms.